The van der Waals surface area contributed by atoms with Gasteiger partial charge in [-0.3, -0.25) is 29.8 Å². The molecule has 2 amide bonds. The van der Waals surface area contributed by atoms with Gasteiger partial charge in [-0.1, -0.05) is 23.7 Å². The molecule has 200 valence electrons. The van der Waals surface area contributed by atoms with Gasteiger partial charge in [0.05, 0.1) is 27.7 Å². The second-order valence-electron chi connectivity index (χ2n) is 8.63. The molecule has 39 heavy (non-hydrogen) atoms. The Hall–Kier alpha value is -4.84. The van der Waals surface area contributed by atoms with Gasteiger partial charge in [-0.15, -0.1) is 0 Å². The van der Waals surface area contributed by atoms with Gasteiger partial charge >= 0.3 is 0 Å². The van der Waals surface area contributed by atoms with Crippen molar-refractivity contribution in [1.82, 2.24) is 10.3 Å². The number of nitro benzene ring substituents is 2. The van der Waals surface area contributed by atoms with Gasteiger partial charge in [0.25, 0.3) is 23.2 Å². The number of amides is 2. The lowest BCUT2D eigenvalue weighted by Gasteiger charge is -2.23. The van der Waals surface area contributed by atoms with Crippen LogP contribution in [0.15, 0.2) is 71.8 Å². The van der Waals surface area contributed by atoms with E-state index in [-0.39, 0.29) is 12.1 Å². The lowest BCUT2D eigenvalue weighted by atomic mass is 10.1. The monoisotopic (exact) mass is 551 g/mol. The van der Waals surface area contributed by atoms with E-state index in [1.807, 2.05) is 18.2 Å². The number of halogens is 1. The highest BCUT2D eigenvalue weighted by Gasteiger charge is 2.35. The molecule has 3 aromatic rings. The number of benzene rings is 3. The number of hydrogen-bond donors (Lipinski definition) is 1. The number of hydrogen-bond acceptors (Lipinski definition) is 8. The van der Waals surface area contributed by atoms with Crippen LogP contribution in [0.3, 0.4) is 0 Å². The first-order valence-corrected chi connectivity index (χ1v) is 12.1. The standard InChI is InChI=1S/C26H22ClN5O7/c27-20-4-1-3-18(11-20)16-39-23-8-6-17(7-9-23)15-28-29-25(33)24-5-2-10-30(24)26(34)19-12-21(31(35)36)14-22(13-19)32(37)38/h1,3-4,6-9,11-15,24H,2,5,10,16H2,(H,29,33)/b28-15-/t24-/m1/s1. The second kappa shape index (κ2) is 12.1. The summed E-state index contributed by atoms with van der Waals surface area (Å²) in [6, 6.07) is 16.2. The first-order chi connectivity index (χ1) is 18.7. The summed E-state index contributed by atoms with van der Waals surface area (Å²) in [5.41, 5.74) is 2.62. The highest BCUT2D eigenvalue weighted by molar-refractivity contribution is 6.30. The molecule has 0 bridgehead atoms. The first-order valence-electron chi connectivity index (χ1n) is 11.8. The van der Waals surface area contributed by atoms with Crippen LogP contribution in [0.5, 0.6) is 5.75 Å². The third kappa shape index (κ3) is 6.93. The molecule has 4 rings (SSSR count). The molecule has 1 aliphatic heterocycles. The predicted molar refractivity (Wildman–Crippen MR) is 142 cm³/mol. The van der Waals surface area contributed by atoms with Crippen LogP contribution in [0.25, 0.3) is 0 Å². The van der Waals surface area contributed by atoms with Gasteiger partial charge in [0.15, 0.2) is 0 Å². The minimum absolute atomic E-state index is 0.216. The Morgan fingerprint density at radius 2 is 1.74 bits per heavy atom. The molecule has 0 saturated carbocycles. The normalized spacial score (nSPS) is 14.8. The largest absolute Gasteiger partial charge is 0.489 e. The van der Waals surface area contributed by atoms with Gasteiger partial charge < -0.3 is 9.64 Å². The van der Waals surface area contributed by atoms with Gasteiger partial charge in [-0.25, -0.2) is 5.43 Å². The maximum Gasteiger partial charge on any atom is 0.277 e. The van der Waals surface area contributed by atoms with Crippen LogP contribution in [0.2, 0.25) is 5.02 Å². The van der Waals surface area contributed by atoms with Crippen molar-refractivity contribution >= 4 is 41.0 Å². The zero-order valence-electron chi connectivity index (χ0n) is 20.4. The molecule has 1 saturated heterocycles. The van der Waals surface area contributed by atoms with Gasteiger partial charge in [-0.05, 0) is 60.4 Å². The molecule has 13 heteroatoms. The lowest BCUT2D eigenvalue weighted by Crippen LogP contribution is -2.44. The van der Waals surface area contributed by atoms with E-state index in [1.54, 1.807) is 30.3 Å². The third-order valence-corrected chi connectivity index (χ3v) is 6.19. The average Bonchev–Trinajstić information content (AvgIpc) is 3.42. The van der Waals surface area contributed by atoms with Gasteiger partial charge in [0.2, 0.25) is 0 Å². The molecule has 1 aliphatic rings. The number of nitrogens with zero attached hydrogens (tertiary/aromatic N) is 4. The van der Waals surface area contributed by atoms with Gasteiger partial charge in [0.1, 0.15) is 18.4 Å². The highest BCUT2D eigenvalue weighted by atomic mass is 35.5. The zero-order chi connectivity index (χ0) is 27.9. The number of non-ortho nitro benzene ring substituents is 2. The molecule has 1 fully saturated rings. The van der Waals surface area contributed by atoms with E-state index in [1.165, 1.54) is 11.1 Å². The fourth-order valence-electron chi connectivity index (χ4n) is 4.07. The average molecular weight is 552 g/mol. The minimum Gasteiger partial charge on any atom is -0.489 e. The van der Waals surface area contributed by atoms with Crippen molar-refractivity contribution in [2.24, 2.45) is 5.10 Å². The summed E-state index contributed by atoms with van der Waals surface area (Å²) < 4.78 is 5.74. The summed E-state index contributed by atoms with van der Waals surface area (Å²) in [6.45, 7) is 0.568. The number of nitrogens with one attached hydrogen (secondary N) is 1. The lowest BCUT2D eigenvalue weighted by molar-refractivity contribution is -0.394. The predicted octanol–water partition coefficient (Wildman–Crippen LogP) is 4.49. The van der Waals surface area contributed by atoms with Crippen molar-refractivity contribution in [2.45, 2.75) is 25.5 Å². The van der Waals surface area contributed by atoms with Crippen LogP contribution >= 0.6 is 11.6 Å². The van der Waals surface area contributed by atoms with Crippen LogP contribution in [-0.4, -0.2) is 45.4 Å². The Kier molecular flexibility index (Phi) is 8.46. The van der Waals surface area contributed by atoms with E-state index >= 15 is 0 Å². The van der Waals surface area contributed by atoms with Crippen molar-refractivity contribution in [2.75, 3.05) is 6.54 Å². The molecular weight excluding hydrogens is 530 g/mol. The van der Waals surface area contributed by atoms with E-state index in [4.69, 9.17) is 16.3 Å². The molecule has 0 aromatic heterocycles. The number of carbonyl (C=O) groups excluding carboxylic acids is 2. The first kappa shape index (κ1) is 27.2. The smallest absolute Gasteiger partial charge is 0.277 e. The Morgan fingerprint density at radius 3 is 2.38 bits per heavy atom. The Balaban J connectivity index is 1.36. The molecular formula is C26H22ClN5O7. The van der Waals surface area contributed by atoms with Crippen molar-refractivity contribution < 1.29 is 24.2 Å². The zero-order valence-corrected chi connectivity index (χ0v) is 21.1. The summed E-state index contributed by atoms with van der Waals surface area (Å²) in [7, 11) is 0. The van der Waals surface area contributed by atoms with Gasteiger partial charge in [-0.2, -0.15) is 5.10 Å². The molecule has 0 aliphatic carbocycles. The number of ether oxygens (including phenoxy) is 1. The maximum absolute atomic E-state index is 13.0. The van der Waals surface area contributed by atoms with Crippen molar-refractivity contribution in [3.63, 3.8) is 0 Å². The number of carbonyl (C=O) groups is 2. The minimum atomic E-state index is -0.879. The van der Waals surface area contributed by atoms with Crippen molar-refractivity contribution in [1.29, 1.82) is 0 Å². The molecule has 0 radical (unpaired) electrons. The Bertz CT molecular complexity index is 1410. The summed E-state index contributed by atoms with van der Waals surface area (Å²) in [5.74, 6) is -0.618. The SMILES string of the molecule is O=C(N/N=C\c1ccc(OCc2cccc(Cl)c2)cc1)[C@H]1CCCN1C(=O)c1cc([N+](=O)[O-])cc([N+](=O)[O-])c1. The van der Waals surface area contributed by atoms with E-state index in [0.717, 1.165) is 23.8 Å². The van der Waals surface area contributed by atoms with Crippen molar-refractivity contribution in [3.8, 4) is 5.75 Å². The highest BCUT2D eigenvalue weighted by Crippen LogP contribution is 2.26. The van der Waals surface area contributed by atoms with Crippen molar-refractivity contribution in [3.05, 3.63) is 109 Å². The molecule has 1 heterocycles. The van der Waals surface area contributed by atoms with E-state index in [0.29, 0.717) is 35.8 Å². The van der Waals surface area contributed by atoms with Crippen LogP contribution in [0, 0.1) is 20.2 Å². The quantitative estimate of drug-likeness (QED) is 0.233. The summed E-state index contributed by atoms with van der Waals surface area (Å²) in [5, 5.41) is 26.9. The van der Waals surface area contributed by atoms with Crippen LogP contribution in [0.1, 0.15) is 34.3 Å². The van der Waals surface area contributed by atoms with Gasteiger partial charge in [0, 0.05) is 23.7 Å². The summed E-state index contributed by atoms with van der Waals surface area (Å²) >= 11 is 5.98. The molecule has 0 spiro atoms. The fraction of sp³-hybridized carbons (Fsp3) is 0.192. The van der Waals surface area contributed by atoms with Crippen LogP contribution in [0.4, 0.5) is 11.4 Å². The number of nitro groups is 2. The Morgan fingerprint density at radius 1 is 1.05 bits per heavy atom. The van der Waals surface area contributed by atoms with E-state index in [2.05, 4.69) is 10.5 Å². The Labute approximate surface area is 227 Å². The number of rotatable bonds is 9. The fourth-order valence-corrected chi connectivity index (χ4v) is 4.28. The number of hydrazone groups is 1. The molecule has 12 nitrogen and oxygen atoms in total. The van der Waals surface area contributed by atoms with Crippen LogP contribution in [-0.2, 0) is 11.4 Å². The van der Waals surface area contributed by atoms with E-state index < -0.39 is 39.1 Å². The molecule has 0 unspecified atom stereocenters. The summed E-state index contributed by atoms with van der Waals surface area (Å²) in [4.78, 5) is 47.7. The number of likely N-dealkylation sites (tertiary alicyclic amines) is 1. The second-order valence-corrected chi connectivity index (χ2v) is 9.07. The topological polar surface area (TPSA) is 157 Å². The van der Waals surface area contributed by atoms with Crippen LogP contribution < -0.4 is 10.2 Å². The third-order valence-electron chi connectivity index (χ3n) is 5.95. The summed E-state index contributed by atoms with van der Waals surface area (Å²) in [6.07, 6.45) is 2.30. The van der Waals surface area contributed by atoms with E-state index in [9.17, 15) is 29.8 Å². The molecule has 1 atom stereocenters. The molecule has 3 aromatic carbocycles. The maximum atomic E-state index is 13.0. The molecule has 1 N–H and O–H groups in total.